The molecule has 0 unspecified atom stereocenters. The number of nitrogens with zero attached hydrogens (tertiary/aromatic N) is 6. The van der Waals surface area contributed by atoms with Gasteiger partial charge in [-0.05, 0) is 79.7 Å². The average Bonchev–Trinajstić information content (AvgIpc) is 3.75. The van der Waals surface area contributed by atoms with Crippen LogP contribution in [0.4, 0.5) is 14.6 Å². The number of H-pyrrole nitrogens is 1. The summed E-state index contributed by atoms with van der Waals surface area (Å²) in [6, 6.07) is 5.96. The largest absolute Gasteiger partial charge is 0.508 e. The van der Waals surface area contributed by atoms with Crippen LogP contribution in [0.25, 0.3) is 32.9 Å². The van der Waals surface area contributed by atoms with Crippen LogP contribution in [0.5, 0.6) is 11.8 Å². The maximum absolute atomic E-state index is 16.6. The summed E-state index contributed by atoms with van der Waals surface area (Å²) in [4.78, 5) is 16.1. The molecule has 2 fully saturated rings. The van der Waals surface area contributed by atoms with Crippen molar-refractivity contribution >= 4 is 27.5 Å². The summed E-state index contributed by atoms with van der Waals surface area (Å²) in [6.07, 6.45) is 8.50. The smallest absolute Gasteiger partial charge is 0.319 e. The summed E-state index contributed by atoms with van der Waals surface area (Å²) in [5.41, 5.74) is 1.43. The molecule has 2 aliphatic heterocycles. The summed E-state index contributed by atoms with van der Waals surface area (Å²) in [7, 11) is 0. The van der Waals surface area contributed by atoms with Gasteiger partial charge in [-0.2, -0.15) is 9.97 Å². The molecular formula is C31H32F2N8O2. The number of halogens is 2. The van der Waals surface area contributed by atoms with Crippen molar-refractivity contribution in [3.8, 4) is 23.0 Å². The van der Waals surface area contributed by atoms with Crippen LogP contribution in [0.2, 0.25) is 0 Å². The molecule has 2 saturated heterocycles. The minimum atomic E-state index is -0.705. The predicted molar refractivity (Wildman–Crippen MR) is 158 cm³/mol. The quantitative estimate of drug-likeness (QED) is 0.215. The summed E-state index contributed by atoms with van der Waals surface area (Å²) in [6.45, 7) is 4.82. The van der Waals surface area contributed by atoms with Crippen molar-refractivity contribution < 1.29 is 18.6 Å². The molecule has 0 spiro atoms. The van der Waals surface area contributed by atoms with Gasteiger partial charge in [0.05, 0.1) is 16.6 Å². The zero-order chi connectivity index (χ0) is 29.6. The fourth-order valence-electron chi connectivity index (χ4n) is 6.77. The Morgan fingerprint density at radius 3 is 2.74 bits per heavy atom. The molecule has 12 heteroatoms. The number of phenols is 1. The lowest BCUT2D eigenvalue weighted by atomic mass is 9.94. The van der Waals surface area contributed by atoms with E-state index >= 15 is 4.39 Å². The number of aromatic hydroxyl groups is 1. The monoisotopic (exact) mass is 586 g/mol. The highest BCUT2D eigenvalue weighted by Crippen LogP contribution is 2.40. The Morgan fingerprint density at radius 2 is 1.98 bits per heavy atom. The van der Waals surface area contributed by atoms with Crippen LogP contribution in [0.15, 0.2) is 36.7 Å². The third-order valence-corrected chi connectivity index (χ3v) is 8.85. The molecule has 2 aromatic carbocycles. The normalized spacial score (nSPS) is 16.3. The van der Waals surface area contributed by atoms with Gasteiger partial charge in [0.15, 0.2) is 5.82 Å². The zero-order valence-electron chi connectivity index (χ0n) is 23.8. The van der Waals surface area contributed by atoms with Crippen molar-refractivity contribution in [3.63, 3.8) is 0 Å². The first kappa shape index (κ1) is 27.4. The van der Waals surface area contributed by atoms with Crippen molar-refractivity contribution in [2.24, 2.45) is 0 Å². The number of phenolic OH excluding ortho intramolecular Hbond substituents is 1. The average molecular weight is 587 g/mol. The number of aromatic amines is 1. The molecule has 0 saturated carbocycles. The molecule has 5 aromatic rings. The van der Waals surface area contributed by atoms with Crippen LogP contribution in [-0.4, -0.2) is 72.1 Å². The van der Waals surface area contributed by atoms with Gasteiger partial charge < -0.3 is 15.2 Å². The molecule has 0 radical (unpaired) electrons. The lowest BCUT2D eigenvalue weighted by molar-refractivity contribution is 0.108. The van der Waals surface area contributed by atoms with E-state index < -0.39 is 11.6 Å². The number of ether oxygens (including phenoxy) is 1. The highest BCUT2D eigenvalue weighted by atomic mass is 19.1. The number of anilines is 1. The zero-order valence-corrected chi connectivity index (χ0v) is 23.8. The van der Waals surface area contributed by atoms with E-state index in [2.05, 4.69) is 40.6 Å². The van der Waals surface area contributed by atoms with Crippen molar-refractivity contribution in [3.05, 3.63) is 59.6 Å². The highest BCUT2D eigenvalue weighted by Gasteiger charge is 2.45. The lowest BCUT2D eigenvalue weighted by Crippen LogP contribution is -2.43. The van der Waals surface area contributed by atoms with Gasteiger partial charge >= 0.3 is 6.01 Å². The number of hydrogen-bond acceptors (Lipinski definition) is 9. The molecule has 0 amide bonds. The second kappa shape index (κ2) is 11.0. The molecule has 5 heterocycles. The second-order valence-corrected chi connectivity index (χ2v) is 11.4. The third-order valence-electron chi connectivity index (χ3n) is 8.85. The summed E-state index contributed by atoms with van der Waals surface area (Å²) in [5, 5.41) is 25.7. The first-order valence-electron chi connectivity index (χ1n) is 14.7. The van der Waals surface area contributed by atoms with Gasteiger partial charge in [0.25, 0.3) is 0 Å². The Bertz CT molecular complexity index is 1800. The van der Waals surface area contributed by atoms with E-state index in [1.165, 1.54) is 24.4 Å². The van der Waals surface area contributed by atoms with E-state index in [1.54, 1.807) is 12.3 Å². The van der Waals surface area contributed by atoms with E-state index in [4.69, 9.17) is 4.74 Å². The molecule has 43 heavy (non-hydrogen) atoms. The molecule has 3 aromatic heterocycles. The van der Waals surface area contributed by atoms with E-state index in [0.29, 0.717) is 59.1 Å². The van der Waals surface area contributed by atoms with Crippen LogP contribution in [0.1, 0.15) is 43.9 Å². The van der Waals surface area contributed by atoms with Gasteiger partial charge in [-0.1, -0.05) is 18.2 Å². The van der Waals surface area contributed by atoms with Gasteiger partial charge in [0, 0.05) is 30.9 Å². The first-order chi connectivity index (χ1) is 21.0. The Balaban J connectivity index is 1.32. The predicted octanol–water partition coefficient (Wildman–Crippen LogP) is 5.17. The van der Waals surface area contributed by atoms with Crippen molar-refractivity contribution in [1.82, 2.24) is 35.3 Å². The number of fused-ring (bicyclic) bond motifs is 3. The number of aromatic nitrogens is 6. The molecule has 222 valence electrons. The maximum atomic E-state index is 16.6. The molecular weight excluding hydrogens is 554 g/mol. The summed E-state index contributed by atoms with van der Waals surface area (Å²) < 4.78 is 37.7. The number of rotatable bonds is 9. The highest BCUT2D eigenvalue weighted by molar-refractivity contribution is 6.01. The Morgan fingerprint density at radius 1 is 1.14 bits per heavy atom. The molecule has 0 bridgehead atoms. The van der Waals surface area contributed by atoms with Crippen LogP contribution >= 0.6 is 0 Å². The van der Waals surface area contributed by atoms with E-state index in [9.17, 15) is 9.50 Å². The lowest BCUT2D eigenvalue weighted by Gasteiger charge is -2.31. The fraction of sp³-hybridized carbons (Fsp3) is 0.387. The summed E-state index contributed by atoms with van der Waals surface area (Å²) >= 11 is 0. The number of aryl methyl sites for hydroxylation is 1. The van der Waals surface area contributed by atoms with Gasteiger partial charge in [-0.15, -0.1) is 5.10 Å². The Hall–Kier alpha value is -4.45. The number of pyridine rings is 1. The van der Waals surface area contributed by atoms with Crippen LogP contribution in [0.3, 0.4) is 0 Å². The minimum absolute atomic E-state index is 0.0251. The van der Waals surface area contributed by atoms with Crippen molar-refractivity contribution in [1.29, 1.82) is 0 Å². The fourth-order valence-corrected chi connectivity index (χ4v) is 6.77. The third kappa shape index (κ3) is 4.89. The van der Waals surface area contributed by atoms with E-state index in [1.807, 2.05) is 6.92 Å². The maximum Gasteiger partial charge on any atom is 0.319 e. The number of benzene rings is 2. The van der Waals surface area contributed by atoms with Crippen molar-refractivity contribution in [2.45, 2.75) is 51.0 Å². The Kier molecular flexibility index (Phi) is 7.00. The number of nitrogens with one attached hydrogen (secondary N) is 2. The van der Waals surface area contributed by atoms with Crippen molar-refractivity contribution in [2.75, 3.05) is 31.6 Å². The molecule has 7 rings (SSSR count). The van der Waals surface area contributed by atoms with E-state index in [-0.39, 0.29) is 28.5 Å². The standard InChI is InChI=1S/C31H32F2N8O2/c1-2-21-24(32)6-5-18-13-20(42)14-22(25(18)21)27-26(33)28-23(16-35-27)29(34-10-7-19-15-36-40-39-19)38-30(37-28)43-17-31-8-3-11-41(31)12-4-9-31/h5-6,13-16,42H,2-4,7-12,17H2,1H3,(H,34,37,38)(H,36,39,40). The van der Waals surface area contributed by atoms with Gasteiger partial charge in [-0.3, -0.25) is 15.0 Å². The Labute approximate surface area is 246 Å². The first-order valence-corrected chi connectivity index (χ1v) is 14.7. The topological polar surface area (TPSA) is 125 Å². The second-order valence-electron chi connectivity index (χ2n) is 11.4. The number of hydrogen-bond donors (Lipinski definition) is 3. The minimum Gasteiger partial charge on any atom is -0.508 e. The summed E-state index contributed by atoms with van der Waals surface area (Å²) in [5.74, 6) is -0.790. The van der Waals surface area contributed by atoms with Gasteiger partial charge in [-0.25, -0.2) is 8.78 Å². The molecule has 0 aliphatic carbocycles. The van der Waals surface area contributed by atoms with Gasteiger partial charge in [0.1, 0.15) is 35.2 Å². The van der Waals surface area contributed by atoms with Crippen LogP contribution in [-0.2, 0) is 12.8 Å². The van der Waals surface area contributed by atoms with Crippen LogP contribution < -0.4 is 10.1 Å². The molecule has 0 atom stereocenters. The molecule has 3 N–H and O–H groups in total. The van der Waals surface area contributed by atoms with Gasteiger partial charge in [0.2, 0.25) is 0 Å². The molecule has 10 nitrogen and oxygen atoms in total. The molecule has 2 aliphatic rings. The van der Waals surface area contributed by atoms with Crippen LogP contribution in [0, 0.1) is 11.6 Å². The SMILES string of the molecule is CCc1c(F)ccc2cc(O)cc(-c3ncc4c(NCCc5c[nH]nn5)nc(OCC56CCCN5CCC6)nc4c3F)c12. The van der Waals surface area contributed by atoms with E-state index in [0.717, 1.165) is 44.5 Å².